The van der Waals surface area contributed by atoms with E-state index < -0.39 is 5.82 Å². The van der Waals surface area contributed by atoms with Gasteiger partial charge < -0.3 is 20.5 Å². The summed E-state index contributed by atoms with van der Waals surface area (Å²) in [4.78, 5) is 11.9. The maximum absolute atomic E-state index is 13.5. The molecule has 2 unspecified atom stereocenters. The topological polar surface area (TPSA) is 73.6 Å². The average molecular weight is 310 g/mol. The third kappa shape index (κ3) is 3.61. The van der Waals surface area contributed by atoms with Crippen molar-refractivity contribution in [3.63, 3.8) is 0 Å². The van der Waals surface area contributed by atoms with E-state index in [2.05, 4.69) is 5.32 Å². The van der Waals surface area contributed by atoms with E-state index in [1.165, 1.54) is 20.3 Å². The highest BCUT2D eigenvalue weighted by atomic mass is 19.1. The minimum atomic E-state index is -0.490. The van der Waals surface area contributed by atoms with Crippen molar-refractivity contribution in [3.05, 3.63) is 17.9 Å². The Morgan fingerprint density at radius 1 is 1.36 bits per heavy atom. The van der Waals surface area contributed by atoms with Crippen molar-refractivity contribution in [2.24, 2.45) is 11.8 Å². The fourth-order valence-electron chi connectivity index (χ4n) is 3.03. The quantitative estimate of drug-likeness (QED) is 0.646. The normalized spacial score (nSPS) is 21.2. The van der Waals surface area contributed by atoms with Gasteiger partial charge in [-0.25, -0.2) is 4.39 Å². The van der Waals surface area contributed by atoms with Gasteiger partial charge in [0, 0.05) is 18.7 Å². The van der Waals surface area contributed by atoms with Crippen LogP contribution in [0.25, 0.3) is 0 Å². The molecule has 2 atom stereocenters. The van der Waals surface area contributed by atoms with Crippen molar-refractivity contribution in [1.29, 1.82) is 0 Å². The summed E-state index contributed by atoms with van der Waals surface area (Å²) in [6.45, 7) is 0.596. The van der Waals surface area contributed by atoms with Crippen LogP contribution in [0.2, 0.25) is 0 Å². The summed E-state index contributed by atoms with van der Waals surface area (Å²) in [5.41, 5.74) is 6.77. The molecule has 1 aliphatic carbocycles. The molecular formula is C16H23FN2O3. The highest BCUT2D eigenvalue weighted by Gasteiger charge is 2.31. The van der Waals surface area contributed by atoms with Crippen LogP contribution < -0.4 is 15.8 Å². The largest absolute Gasteiger partial charge is 0.494 e. The molecule has 1 fully saturated rings. The van der Waals surface area contributed by atoms with E-state index in [9.17, 15) is 9.18 Å². The number of hydrogen-bond donors (Lipinski definition) is 2. The van der Waals surface area contributed by atoms with Crippen LogP contribution in [0.1, 0.15) is 25.7 Å². The summed E-state index contributed by atoms with van der Waals surface area (Å²) < 4.78 is 23.4. The molecule has 6 heteroatoms. The molecule has 0 bridgehead atoms. The van der Waals surface area contributed by atoms with Gasteiger partial charge in [-0.15, -0.1) is 0 Å². The first kappa shape index (κ1) is 16.4. The number of methoxy groups -OCH3 is 2. The first-order valence-corrected chi connectivity index (χ1v) is 7.51. The molecule has 0 saturated heterocycles. The predicted octanol–water partition coefficient (Wildman–Crippen LogP) is 2.81. The van der Waals surface area contributed by atoms with Crippen LogP contribution in [0.15, 0.2) is 12.1 Å². The first-order chi connectivity index (χ1) is 10.6. The van der Waals surface area contributed by atoms with E-state index in [-0.39, 0.29) is 23.6 Å². The fourth-order valence-corrected chi connectivity index (χ4v) is 3.03. The SMILES string of the molecule is COC(=O)C1CCCCC1CNc1cc(OC)c(F)cc1N. The first-order valence-electron chi connectivity index (χ1n) is 7.51. The van der Waals surface area contributed by atoms with Crippen LogP contribution in [-0.4, -0.2) is 26.7 Å². The predicted molar refractivity (Wildman–Crippen MR) is 83.3 cm³/mol. The lowest BCUT2D eigenvalue weighted by atomic mass is 9.79. The molecule has 1 aromatic rings. The zero-order valence-electron chi connectivity index (χ0n) is 13.0. The Morgan fingerprint density at radius 2 is 2.09 bits per heavy atom. The number of carbonyl (C=O) groups excluding carboxylic acids is 1. The van der Waals surface area contributed by atoms with Gasteiger partial charge in [0.15, 0.2) is 11.6 Å². The van der Waals surface area contributed by atoms with E-state index in [1.54, 1.807) is 6.07 Å². The number of benzene rings is 1. The number of ether oxygens (including phenoxy) is 2. The van der Waals surface area contributed by atoms with Gasteiger partial charge in [0.05, 0.1) is 31.5 Å². The van der Waals surface area contributed by atoms with Gasteiger partial charge >= 0.3 is 5.97 Å². The molecule has 0 spiro atoms. The molecule has 122 valence electrons. The molecule has 2 rings (SSSR count). The molecule has 0 heterocycles. The second-order valence-corrected chi connectivity index (χ2v) is 5.63. The summed E-state index contributed by atoms with van der Waals surface area (Å²) >= 11 is 0. The number of nitrogens with one attached hydrogen (secondary N) is 1. The summed E-state index contributed by atoms with van der Waals surface area (Å²) in [5, 5.41) is 3.21. The van der Waals surface area contributed by atoms with Gasteiger partial charge in [-0.2, -0.15) is 0 Å². The van der Waals surface area contributed by atoms with Gasteiger partial charge in [0.25, 0.3) is 0 Å². The summed E-state index contributed by atoms with van der Waals surface area (Å²) in [6.07, 6.45) is 3.96. The molecule has 5 nitrogen and oxygen atoms in total. The van der Waals surface area contributed by atoms with Crippen molar-refractivity contribution in [2.45, 2.75) is 25.7 Å². The molecule has 1 aliphatic rings. The van der Waals surface area contributed by atoms with E-state index in [1.807, 2.05) is 0 Å². The average Bonchev–Trinajstić information content (AvgIpc) is 2.53. The molecule has 1 aromatic carbocycles. The number of esters is 1. The van der Waals surface area contributed by atoms with Gasteiger partial charge in [-0.3, -0.25) is 4.79 Å². The van der Waals surface area contributed by atoms with Crippen LogP contribution in [-0.2, 0) is 9.53 Å². The van der Waals surface area contributed by atoms with Crippen molar-refractivity contribution >= 4 is 17.3 Å². The Kier molecular flexibility index (Phi) is 5.46. The Morgan fingerprint density at radius 3 is 2.77 bits per heavy atom. The lowest BCUT2D eigenvalue weighted by Crippen LogP contribution is -2.32. The smallest absolute Gasteiger partial charge is 0.309 e. The van der Waals surface area contributed by atoms with Crippen molar-refractivity contribution in [3.8, 4) is 5.75 Å². The highest BCUT2D eigenvalue weighted by Crippen LogP contribution is 2.33. The Balaban J connectivity index is 2.06. The third-order valence-electron chi connectivity index (χ3n) is 4.29. The van der Waals surface area contributed by atoms with Gasteiger partial charge in [-0.1, -0.05) is 12.8 Å². The van der Waals surface area contributed by atoms with Crippen molar-refractivity contribution < 1.29 is 18.7 Å². The van der Waals surface area contributed by atoms with Gasteiger partial charge in [0.2, 0.25) is 0 Å². The molecule has 0 radical (unpaired) electrons. The van der Waals surface area contributed by atoms with Crippen LogP contribution in [0.5, 0.6) is 5.75 Å². The number of rotatable bonds is 5. The van der Waals surface area contributed by atoms with Crippen LogP contribution in [0, 0.1) is 17.7 Å². The number of nitrogens with two attached hydrogens (primary N) is 1. The second-order valence-electron chi connectivity index (χ2n) is 5.63. The highest BCUT2D eigenvalue weighted by molar-refractivity contribution is 5.73. The van der Waals surface area contributed by atoms with E-state index >= 15 is 0 Å². The standard InChI is InChI=1S/C16H23FN2O3/c1-21-15-8-14(13(18)7-12(15)17)19-9-10-5-3-4-6-11(10)16(20)22-2/h7-8,10-11,19H,3-6,9,18H2,1-2H3. The molecule has 0 aromatic heterocycles. The zero-order chi connectivity index (χ0) is 16.1. The van der Waals surface area contributed by atoms with E-state index in [4.69, 9.17) is 15.2 Å². The molecular weight excluding hydrogens is 287 g/mol. The maximum atomic E-state index is 13.5. The Bertz CT molecular complexity index is 536. The van der Waals surface area contributed by atoms with Crippen LogP contribution >= 0.6 is 0 Å². The minimum absolute atomic E-state index is 0.0881. The third-order valence-corrected chi connectivity index (χ3v) is 4.29. The fraction of sp³-hybridized carbons (Fsp3) is 0.562. The van der Waals surface area contributed by atoms with Crippen molar-refractivity contribution in [2.75, 3.05) is 31.8 Å². The number of nitrogen functional groups attached to an aromatic ring is 1. The van der Waals surface area contributed by atoms with E-state index in [0.29, 0.717) is 17.9 Å². The molecule has 22 heavy (non-hydrogen) atoms. The lowest BCUT2D eigenvalue weighted by Gasteiger charge is -2.30. The molecule has 1 saturated carbocycles. The number of hydrogen-bond acceptors (Lipinski definition) is 5. The van der Waals surface area contributed by atoms with Gasteiger partial charge in [0.1, 0.15) is 0 Å². The van der Waals surface area contributed by atoms with Gasteiger partial charge in [-0.05, 0) is 18.8 Å². The van der Waals surface area contributed by atoms with Crippen LogP contribution in [0.4, 0.5) is 15.8 Å². The van der Waals surface area contributed by atoms with Crippen LogP contribution in [0.3, 0.4) is 0 Å². The summed E-state index contributed by atoms with van der Waals surface area (Å²) in [6, 6.07) is 2.78. The molecule has 0 amide bonds. The molecule has 0 aliphatic heterocycles. The minimum Gasteiger partial charge on any atom is -0.494 e. The molecule has 3 N–H and O–H groups in total. The maximum Gasteiger partial charge on any atom is 0.309 e. The summed E-state index contributed by atoms with van der Waals surface area (Å²) in [5.74, 6) is -0.400. The number of anilines is 2. The number of carbonyl (C=O) groups is 1. The number of halogens is 1. The second kappa shape index (κ2) is 7.33. The Labute approximate surface area is 130 Å². The van der Waals surface area contributed by atoms with E-state index in [0.717, 1.165) is 25.7 Å². The van der Waals surface area contributed by atoms with Crippen molar-refractivity contribution in [1.82, 2.24) is 0 Å². The monoisotopic (exact) mass is 310 g/mol. The zero-order valence-corrected chi connectivity index (χ0v) is 13.0. The summed E-state index contributed by atoms with van der Waals surface area (Å²) in [7, 11) is 2.83. The lowest BCUT2D eigenvalue weighted by molar-refractivity contribution is -0.148. The Hall–Kier alpha value is -1.98.